The summed E-state index contributed by atoms with van der Waals surface area (Å²) in [6, 6.07) is 1.85. The molecule has 6 nitrogen and oxygen atoms in total. The third-order valence-electron chi connectivity index (χ3n) is 3.37. The highest BCUT2D eigenvalue weighted by atomic mass is 32.2. The molecule has 2 heterocycles. The molecular weight excluding hydrogens is 280 g/mol. The fourth-order valence-electron chi connectivity index (χ4n) is 2.28. The minimum Gasteiger partial charge on any atom is -0.466 e. The fourth-order valence-corrected chi connectivity index (χ4v) is 4.02. The summed E-state index contributed by atoms with van der Waals surface area (Å²) in [5.41, 5.74) is 3.91. The van der Waals surface area contributed by atoms with Crippen LogP contribution in [0.4, 0.5) is 0 Å². The topological polar surface area (TPSA) is 88.7 Å². The van der Waals surface area contributed by atoms with Gasteiger partial charge in [-0.1, -0.05) is 0 Å². The van der Waals surface area contributed by atoms with Gasteiger partial charge >= 0.3 is 0 Å². The van der Waals surface area contributed by atoms with Crippen LogP contribution in [0.1, 0.15) is 30.4 Å². The predicted octanol–water partition coefficient (Wildman–Crippen LogP) is 1.17. The summed E-state index contributed by atoms with van der Waals surface area (Å²) in [4.78, 5) is 11.9. The van der Waals surface area contributed by atoms with Crippen molar-refractivity contribution in [1.82, 2.24) is 5.43 Å². The first-order valence-corrected chi connectivity index (χ1v) is 8.22. The van der Waals surface area contributed by atoms with Crippen molar-refractivity contribution in [2.45, 2.75) is 27.2 Å². The van der Waals surface area contributed by atoms with E-state index >= 15 is 0 Å². The van der Waals surface area contributed by atoms with E-state index < -0.39 is 15.8 Å². The van der Waals surface area contributed by atoms with E-state index in [1.807, 2.05) is 19.9 Å². The number of hydrazone groups is 1. The molecule has 1 aliphatic rings. The molecule has 0 aliphatic carbocycles. The molecule has 0 saturated carbocycles. The van der Waals surface area contributed by atoms with Crippen LogP contribution in [0.2, 0.25) is 0 Å². The molecule has 1 N–H and O–H groups in total. The monoisotopic (exact) mass is 298 g/mol. The summed E-state index contributed by atoms with van der Waals surface area (Å²) in [5, 5.41) is 4.02. The highest BCUT2D eigenvalue weighted by Crippen LogP contribution is 2.18. The summed E-state index contributed by atoms with van der Waals surface area (Å²) in [6.45, 7) is 5.43. The number of nitrogens with zero attached hydrogens (tertiary/aromatic N) is 1. The Hall–Kier alpha value is -1.63. The third-order valence-corrected chi connectivity index (χ3v) is 5.14. The first-order valence-electron chi connectivity index (χ1n) is 6.40. The summed E-state index contributed by atoms with van der Waals surface area (Å²) in [5.74, 6) is 0.666. The van der Waals surface area contributed by atoms with Gasteiger partial charge in [0, 0.05) is 5.56 Å². The van der Waals surface area contributed by atoms with Gasteiger partial charge in [0.15, 0.2) is 9.84 Å². The second-order valence-electron chi connectivity index (χ2n) is 5.10. The quantitative estimate of drug-likeness (QED) is 0.670. The summed E-state index contributed by atoms with van der Waals surface area (Å²) < 4.78 is 28.0. The number of hydrogen-bond acceptors (Lipinski definition) is 5. The van der Waals surface area contributed by atoms with E-state index in [4.69, 9.17) is 4.42 Å². The summed E-state index contributed by atoms with van der Waals surface area (Å²) in [6.07, 6.45) is 0.368. The van der Waals surface area contributed by atoms with Crippen molar-refractivity contribution in [1.29, 1.82) is 0 Å². The van der Waals surface area contributed by atoms with Crippen LogP contribution in [0.15, 0.2) is 15.6 Å². The Balaban J connectivity index is 2.02. The van der Waals surface area contributed by atoms with Crippen molar-refractivity contribution in [3.63, 3.8) is 0 Å². The van der Waals surface area contributed by atoms with Crippen molar-refractivity contribution in [3.8, 4) is 0 Å². The molecule has 1 aliphatic heterocycles. The van der Waals surface area contributed by atoms with Gasteiger partial charge < -0.3 is 4.42 Å². The van der Waals surface area contributed by atoms with Crippen molar-refractivity contribution in [2.24, 2.45) is 11.0 Å². The minimum atomic E-state index is -3.06. The second kappa shape index (κ2) is 5.40. The highest BCUT2D eigenvalue weighted by Gasteiger charge is 2.32. The number of hydrogen-bond donors (Lipinski definition) is 1. The van der Waals surface area contributed by atoms with Crippen LogP contribution < -0.4 is 5.43 Å². The Morgan fingerprint density at radius 1 is 1.45 bits per heavy atom. The lowest BCUT2D eigenvalue weighted by Gasteiger charge is -2.06. The number of furan rings is 1. The number of rotatable bonds is 3. The van der Waals surface area contributed by atoms with Gasteiger partial charge in [0.2, 0.25) is 5.91 Å². The first kappa shape index (κ1) is 14.8. The lowest BCUT2D eigenvalue weighted by atomic mass is 10.1. The number of aryl methyl sites for hydroxylation is 2. The van der Waals surface area contributed by atoms with Gasteiger partial charge in [-0.3, -0.25) is 4.79 Å². The largest absolute Gasteiger partial charge is 0.466 e. The van der Waals surface area contributed by atoms with Crippen LogP contribution in [-0.2, 0) is 14.6 Å². The van der Waals surface area contributed by atoms with E-state index in [0.29, 0.717) is 12.1 Å². The van der Waals surface area contributed by atoms with Crippen molar-refractivity contribution in [3.05, 3.63) is 23.2 Å². The van der Waals surface area contributed by atoms with Crippen molar-refractivity contribution < 1.29 is 17.6 Å². The Morgan fingerprint density at radius 3 is 2.65 bits per heavy atom. The van der Waals surface area contributed by atoms with Gasteiger partial charge in [-0.05, 0) is 33.3 Å². The Bertz CT molecular complexity index is 658. The third kappa shape index (κ3) is 3.27. The molecule has 0 spiro atoms. The van der Waals surface area contributed by atoms with Gasteiger partial charge in [0.25, 0.3) is 0 Å². The molecule has 0 radical (unpaired) electrons. The Morgan fingerprint density at radius 2 is 2.15 bits per heavy atom. The SMILES string of the molecule is CC(=NNC(=O)C1CCS(=O)(=O)C1)c1cc(C)oc1C. The molecule has 1 fully saturated rings. The number of carbonyl (C=O) groups excluding carboxylic acids is 1. The lowest BCUT2D eigenvalue weighted by molar-refractivity contribution is -0.124. The second-order valence-corrected chi connectivity index (χ2v) is 7.33. The molecule has 1 amide bonds. The van der Waals surface area contributed by atoms with Gasteiger partial charge in [-0.25, -0.2) is 13.8 Å². The van der Waals surface area contributed by atoms with E-state index in [9.17, 15) is 13.2 Å². The van der Waals surface area contributed by atoms with Gasteiger partial charge in [-0.2, -0.15) is 5.10 Å². The first-order chi connectivity index (χ1) is 9.28. The van der Waals surface area contributed by atoms with E-state index in [1.165, 1.54) is 0 Å². The minimum absolute atomic E-state index is 0.0772. The number of nitrogens with one attached hydrogen (secondary N) is 1. The van der Waals surface area contributed by atoms with Gasteiger partial charge in [0.05, 0.1) is 23.1 Å². The van der Waals surface area contributed by atoms with E-state index in [0.717, 1.165) is 17.1 Å². The van der Waals surface area contributed by atoms with Crippen LogP contribution in [0.5, 0.6) is 0 Å². The van der Waals surface area contributed by atoms with Crippen LogP contribution in [0.3, 0.4) is 0 Å². The molecule has 0 bridgehead atoms. The molecule has 0 aromatic carbocycles. The normalized spacial score (nSPS) is 21.9. The van der Waals surface area contributed by atoms with Gasteiger partial charge in [0.1, 0.15) is 11.5 Å². The van der Waals surface area contributed by atoms with E-state index in [-0.39, 0.29) is 17.4 Å². The molecule has 1 unspecified atom stereocenters. The molecular formula is C13H18N2O4S. The zero-order valence-electron chi connectivity index (χ0n) is 11.8. The average Bonchev–Trinajstić information content (AvgIpc) is 2.88. The van der Waals surface area contributed by atoms with Crippen molar-refractivity contribution in [2.75, 3.05) is 11.5 Å². The molecule has 1 aromatic rings. The van der Waals surface area contributed by atoms with Crippen LogP contribution in [-0.4, -0.2) is 31.5 Å². The molecule has 1 atom stereocenters. The van der Waals surface area contributed by atoms with Crippen LogP contribution in [0, 0.1) is 19.8 Å². The molecule has 1 aromatic heterocycles. The maximum absolute atomic E-state index is 11.9. The predicted molar refractivity (Wildman–Crippen MR) is 75.3 cm³/mol. The molecule has 7 heteroatoms. The maximum atomic E-state index is 11.9. The fraction of sp³-hybridized carbons (Fsp3) is 0.538. The number of sulfone groups is 1. The smallest absolute Gasteiger partial charge is 0.244 e. The van der Waals surface area contributed by atoms with E-state index in [2.05, 4.69) is 10.5 Å². The number of amides is 1. The van der Waals surface area contributed by atoms with Crippen molar-refractivity contribution >= 4 is 21.5 Å². The zero-order valence-corrected chi connectivity index (χ0v) is 12.6. The van der Waals surface area contributed by atoms with Crippen LogP contribution >= 0.6 is 0 Å². The number of carbonyl (C=O) groups is 1. The summed E-state index contributed by atoms with van der Waals surface area (Å²) in [7, 11) is -3.06. The highest BCUT2D eigenvalue weighted by molar-refractivity contribution is 7.91. The van der Waals surface area contributed by atoms with Gasteiger partial charge in [-0.15, -0.1) is 0 Å². The lowest BCUT2D eigenvalue weighted by Crippen LogP contribution is -2.28. The molecule has 20 heavy (non-hydrogen) atoms. The molecule has 2 rings (SSSR count). The molecule has 1 saturated heterocycles. The van der Waals surface area contributed by atoms with Crippen LogP contribution in [0.25, 0.3) is 0 Å². The Labute approximate surface area is 118 Å². The summed E-state index contributed by atoms with van der Waals surface area (Å²) >= 11 is 0. The average molecular weight is 298 g/mol. The standard InChI is InChI=1S/C13H18N2O4S/c1-8-6-12(10(3)19-8)9(2)14-15-13(16)11-4-5-20(17,18)7-11/h6,11H,4-5,7H2,1-3H3,(H,15,16). The maximum Gasteiger partial charge on any atom is 0.244 e. The zero-order chi connectivity index (χ0) is 14.9. The molecule has 110 valence electrons. The Kier molecular flexibility index (Phi) is 3.99. The van der Waals surface area contributed by atoms with E-state index in [1.54, 1.807) is 6.92 Å².